The maximum Gasteiger partial charge on any atom is 0.296 e. The van der Waals surface area contributed by atoms with Crippen LogP contribution < -0.4 is 9.80 Å². The summed E-state index contributed by atoms with van der Waals surface area (Å²) in [6, 6.07) is 1.49. The maximum atomic E-state index is 15.5. The van der Waals surface area contributed by atoms with Crippen LogP contribution in [0.25, 0.3) is 11.0 Å². The predicted molar refractivity (Wildman–Crippen MR) is 105 cm³/mol. The molecule has 5 rings (SSSR count). The first kappa shape index (κ1) is 19.2. The maximum absolute atomic E-state index is 15.5. The summed E-state index contributed by atoms with van der Waals surface area (Å²) in [7, 11) is 0. The van der Waals surface area contributed by atoms with Gasteiger partial charge in [-0.1, -0.05) is 11.6 Å². The average Bonchev–Trinajstić information content (AvgIpc) is 3.20. The van der Waals surface area contributed by atoms with Crippen molar-refractivity contribution in [2.45, 2.75) is 45.3 Å². The minimum absolute atomic E-state index is 0.0874. The molecule has 2 aliphatic heterocycles. The van der Waals surface area contributed by atoms with Gasteiger partial charge in [-0.2, -0.15) is 0 Å². The molecule has 1 aromatic carbocycles. The van der Waals surface area contributed by atoms with E-state index < -0.39 is 22.9 Å². The molecule has 1 spiro atoms. The number of ketones is 1. The van der Waals surface area contributed by atoms with Gasteiger partial charge in [0.1, 0.15) is 0 Å². The fourth-order valence-electron chi connectivity index (χ4n) is 4.96. The van der Waals surface area contributed by atoms with E-state index in [1.54, 1.807) is 4.90 Å². The zero-order valence-corrected chi connectivity index (χ0v) is 16.8. The van der Waals surface area contributed by atoms with Crippen LogP contribution in [0.2, 0.25) is 0 Å². The Kier molecular flexibility index (Phi) is 4.22. The summed E-state index contributed by atoms with van der Waals surface area (Å²) in [4.78, 5) is 39.9. The lowest BCUT2D eigenvalue weighted by molar-refractivity contribution is -0.140. The van der Waals surface area contributed by atoms with Crippen molar-refractivity contribution in [3.8, 4) is 0 Å². The van der Waals surface area contributed by atoms with Crippen molar-refractivity contribution in [3.05, 3.63) is 17.4 Å². The monoisotopic (exact) mass is 415 g/mol. The molecular weight excluding hydrogens is 393 g/mol. The number of rotatable bonds is 3. The van der Waals surface area contributed by atoms with Gasteiger partial charge >= 0.3 is 0 Å². The van der Waals surface area contributed by atoms with Crippen LogP contribution in [0.3, 0.4) is 0 Å². The Hall–Kier alpha value is -2.81. The molecule has 3 fully saturated rings. The van der Waals surface area contributed by atoms with Crippen LogP contribution in [0.15, 0.2) is 10.6 Å². The Morgan fingerprint density at radius 1 is 1.23 bits per heavy atom. The van der Waals surface area contributed by atoms with Gasteiger partial charge in [0.2, 0.25) is 11.4 Å². The van der Waals surface area contributed by atoms with Crippen molar-refractivity contribution in [2.24, 2.45) is 5.41 Å². The van der Waals surface area contributed by atoms with E-state index in [9.17, 15) is 14.4 Å². The lowest BCUT2D eigenvalue weighted by Gasteiger charge is -2.37. The Labute approximate surface area is 171 Å². The lowest BCUT2D eigenvalue weighted by atomic mass is 9.67. The summed E-state index contributed by atoms with van der Waals surface area (Å²) in [6.45, 7) is 4.84. The molecule has 1 aliphatic carbocycles. The molecule has 1 aromatic heterocycles. The van der Waals surface area contributed by atoms with Crippen LogP contribution in [-0.2, 0) is 14.3 Å². The van der Waals surface area contributed by atoms with Crippen molar-refractivity contribution >= 4 is 40.5 Å². The molecule has 3 heterocycles. The van der Waals surface area contributed by atoms with E-state index >= 15 is 4.39 Å². The summed E-state index contributed by atoms with van der Waals surface area (Å²) < 4.78 is 26.5. The summed E-state index contributed by atoms with van der Waals surface area (Å²) in [5.41, 5.74) is -0.509. The number of hydrogen-bond acceptors (Lipinski definition) is 7. The third kappa shape index (κ3) is 2.61. The first-order chi connectivity index (χ1) is 14.3. The van der Waals surface area contributed by atoms with Crippen LogP contribution in [0, 0.1) is 11.2 Å². The quantitative estimate of drug-likeness (QED) is 0.562. The Bertz CT molecular complexity index is 1070. The molecule has 30 heavy (non-hydrogen) atoms. The number of halogens is 1. The number of aldehydes is 1. The number of Topliss-reactive ketones (excluding diaryl/α,β-unsaturated/α-hetero) is 1. The fourth-order valence-corrected chi connectivity index (χ4v) is 4.96. The van der Waals surface area contributed by atoms with E-state index in [1.165, 1.54) is 11.0 Å². The van der Waals surface area contributed by atoms with Crippen molar-refractivity contribution in [1.82, 2.24) is 5.16 Å². The third-order valence-corrected chi connectivity index (χ3v) is 6.50. The summed E-state index contributed by atoms with van der Waals surface area (Å²) in [5, 5.41) is 4.13. The predicted octanol–water partition coefficient (Wildman–Crippen LogP) is 2.48. The molecule has 3 aliphatic rings. The smallest absolute Gasteiger partial charge is 0.296 e. The number of amides is 1. The van der Waals surface area contributed by atoms with Gasteiger partial charge in [0.15, 0.2) is 17.9 Å². The van der Waals surface area contributed by atoms with Crippen LogP contribution in [0.4, 0.5) is 15.9 Å². The largest absolute Gasteiger partial charge is 0.372 e. The van der Waals surface area contributed by atoms with Crippen LogP contribution in [-0.4, -0.2) is 55.0 Å². The van der Waals surface area contributed by atoms with Crippen LogP contribution in [0.1, 0.15) is 43.5 Å². The van der Waals surface area contributed by atoms with E-state index in [1.807, 2.05) is 13.8 Å². The van der Waals surface area contributed by atoms with Crippen LogP contribution in [0.5, 0.6) is 0 Å². The van der Waals surface area contributed by atoms with E-state index in [0.29, 0.717) is 32.2 Å². The number of morpholine rings is 1. The second-order valence-corrected chi connectivity index (χ2v) is 8.65. The molecule has 0 bridgehead atoms. The van der Waals surface area contributed by atoms with Gasteiger partial charge < -0.3 is 14.2 Å². The molecule has 2 saturated heterocycles. The van der Waals surface area contributed by atoms with Crippen molar-refractivity contribution in [1.29, 1.82) is 0 Å². The highest BCUT2D eigenvalue weighted by molar-refractivity contribution is 6.46. The van der Waals surface area contributed by atoms with Gasteiger partial charge in [0, 0.05) is 25.2 Å². The van der Waals surface area contributed by atoms with Crippen molar-refractivity contribution < 1.29 is 28.0 Å². The van der Waals surface area contributed by atoms with Gasteiger partial charge in [0.05, 0.1) is 28.7 Å². The molecule has 158 valence electrons. The molecule has 1 amide bonds. The number of benzene rings is 1. The summed E-state index contributed by atoms with van der Waals surface area (Å²) in [6.07, 6.45) is 2.56. The fraction of sp³-hybridized carbons (Fsp3) is 0.524. The van der Waals surface area contributed by atoms with Gasteiger partial charge in [0.25, 0.3) is 5.91 Å². The molecule has 1 saturated carbocycles. The van der Waals surface area contributed by atoms with E-state index in [2.05, 4.69) is 5.16 Å². The van der Waals surface area contributed by atoms with Crippen molar-refractivity contribution in [2.75, 3.05) is 29.4 Å². The highest BCUT2D eigenvalue weighted by atomic mass is 19.1. The van der Waals surface area contributed by atoms with Crippen LogP contribution >= 0.6 is 0 Å². The van der Waals surface area contributed by atoms with Gasteiger partial charge in [-0.3, -0.25) is 19.3 Å². The number of aromatic nitrogens is 1. The first-order valence-electron chi connectivity index (χ1n) is 10.2. The van der Waals surface area contributed by atoms with Gasteiger partial charge in [-0.05, 0) is 32.8 Å². The van der Waals surface area contributed by atoms with E-state index in [-0.39, 0.29) is 46.8 Å². The average molecular weight is 415 g/mol. The number of fused-ring (bicyclic) bond motifs is 1. The number of nitrogens with zero attached hydrogens (tertiary/aromatic N) is 3. The molecular formula is C21H22FN3O5. The first-order valence-corrected chi connectivity index (χ1v) is 10.2. The molecule has 0 N–H and O–H groups in total. The normalized spacial score (nSPS) is 26.0. The number of carbonyl (C=O) groups is 3. The minimum atomic E-state index is -0.703. The van der Waals surface area contributed by atoms with E-state index in [4.69, 9.17) is 9.26 Å². The molecule has 2 atom stereocenters. The Morgan fingerprint density at radius 2 is 1.93 bits per heavy atom. The van der Waals surface area contributed by atoms with Crippen molar-refractivity contribution in [3.63, 3.8) is 0 Å². The standard InChI is InChI=1S/C21H22FN3O5/c1-11-7-24(8-12(2)29-11)16-13(9-26)6-14-17(15(16)22)30-23-19(14)25-10-21(4-3-5-21)18(27)20(25)28/h6,9,11-12H,3-5,7-8,10H2,1-2H3/t11-,12-/m1/s1. The molecule has 9 heteroatoms. The zero-order valence-electron chi connectivity index (χ0n) is 16.8. The highest BCUT2D eigenvalue weighted by Gasteiger charge is 2.56. The molecule has 0 unspecified atom stereocenters. The molecule has 0 radical (unpaired) electrons. The number of ether oxygens (including phenoxy) is 1. The van der Waals surface area contributed by atoms with Gasteiger partial charge in [-0.25, -0.2) is 4.39 Å². The Morgan fingerprint density at radius 3 is 2.50 bits per heavy atom. The Balaban J connectivity index is 1.59. The SMILES string of the molecule is C[C@@H]1CN(c2c(C=O)cc3c(N4CC5(CCC5)C(=O)C4=O)noc3c2F)C[C@@H](C)O1. The summed E-state index contributed by atoms with van der Waals surface area (Å²) >= 11 is 0. The third-order valence-electron chi connectivity index (χ3n) is 6.50. The highest BCUT2D eigenvalue weighted by Crippen LogP contribution is 2.48. The second kappa shape index (κ2) is 6.60. The number of hydrogen-bond donors (Lipinski definition) is 0. The van der Waals surface area contributed by atoms with E-state index in [0.717, 1.165) is 6.42 Å². The summed E-state index contributed by atoms with van der Waals surface area (Å²) in [5.74, 6) is -1.69. The molecule has 2 aromatic rings. The number of carbonyl (C=O) groups excluding carboxylic acids is 3. The number of anilines is 2. The zero-order chi connectivity index (χ0) is 21.2. The van der Waals surface area contributed by atoms with Gasteiger partial charge in [-0.15, -0.1) is 0 Å². The minimum Gasteiger partial charge on any atom is -0.372 e. The molecule has 8 nitrogen and oxygen atoms in total. The topological polar surface area (TPSA) is 93.0 Å². The second-order valence-electron chi connectivity index (χ2n) is 8.65. The lowest BCUT2D eigenvalue weighted by Crippen LogP contribution is -2.46.